The maximum absolute atomic E-state index is 13.6. The first kappa shape index (κ1) is 25.1. The van der Waals surface area contributed by atoms with Gasteiger partial charge in [0, 0.05) is 34.9 Å². The fraction of sp³-hybridized carbons (Fsp3) is 0.233. The van der Waals surface area contributed by atoms with Crippen LogP contribution < -0.4 is 15.6 Å². The summed E-state index contributed by atoms with van der Waals surface area (Å²) >= 11 is 0. The number of esters is 1. The Hall–Kier alpha value is -4.59. The lowest BCUT2D eigenvalue weighted by atomic mass is 9.95. The van der Waals surface area contributed by atoms with Crippen molar-refractivity contribution in [1.82, 2.24) is 14.3 Å². The van der Waals surface area contributed by atoms with Gasteiger partial charge in [-0.3, -0.25) is 9.36 Å². The van der Waals surface area contributed by atoms with Gasteiger partial charge >= 0.3 is 5.97 Å². The number of anilines is 1. The number of nitrogens with zero attached hydrogens (tertiary/aromatic N) is 3. The molecule has 8 nitrogen and oxygen atoms in total. The number of fused-ring (bicyclic) bond motifs is 3. The fourth-order valence-electron chi connectivity index (χ4n) is 5.04. The molecule has 8 heteroatoms. The van der Waals surface area contributed by atoms with Crippen LogP contribution >= 0.6 is 0 Å². The SMILES string of the molecule is COC(=O)c1ccccc1NC(C)c1cc(C)cc2c(=O)n(C)c3c(cnn3Cc3ccc(OC)cc3)c12. The molecule has 0 aliphatic carbocycles. The quantitative estimate of drug-likeness (QED) is 0.302. The molecule has 2 aromatic heterocycles. The molecule has 0 bridgehead atoms. The Morgan fingerprint density at radius 2 is 1.79 bits per heavy atom. The lowest BCUT2D eigenvalue weighted by Gasteiger charge is -2.21. The van der Waals surface area contributed by atoms with Gasteiger partial charge in [-0.1, -0.05) is 30.3 Å². The number of hydrogen-bond donors (Lipinski definition) is 1. The summed E-state index contributed by atoms with van der Waals surface area (Å²) in [5.74, 6) is 0.373. The molecule has 0 fully saturated rings. The summed E-state index contributed by atoms with van der Waals surface area (Å²) in [5.41, 5.74) is 4.74. The lowest BCUT2D eigenvalue weighted by Crippen LogP contribution is -2.21. The molecule has 2 heterocycles. The molecule has 194 valence electrons. The highest BCUT2D eigenvalue weighted by Crippen LogP contribution is 2.33. The minimum absolute atomic E-state index is 0.0870. The number of carbonyl (C=O) groups excluding carboxylic acids is 1. The number of methoxy groups -OCH3 is 2. The standard InChI is InChI=1S/C30H30N4O4/c1-18-14-23(19(2)32-26-9-7-6-8-22(26)30(36)38-5)27-24(15-18)29(35)33(3)28-25(27)16-31-34(28)17-20-10-12-21(37-4)13-11-20/h6-16,19,32H,17H2,1-5H3. The first-order valence-electron chi connectivity index (χ1n) is 12.4. The van der Waals surface area contributed by atoms with Gasteiger partial charge in [-0.05, 0) is 60.9 Å². The van der Waals surface area contributed by atoms with E-state index in [1.165, 1.54) is 7.11 Å². The number of benzene rings is 3. The molecule has 1 unspecified atom stereocenters. The first-order chi connectivity index (χ1) is 18.3. The number of pyridine rings is 1. The molecule has 5 aromatic rings. The predicted molar refractivity (Wildman–Crippen MR) is 149 cm³/mol. The Balaban J connectivity index is 1.65. The van der Waals surface area contributed by atoms with Gasteiger partial charge < -0.3 is 14.8 Å². The lowest BCUT2D eigenvalue weighted by molar-refractivity contribution is 0.0602. The van der Waals surface area contributed by atoms with Crippen LogP contribution in [0, 0.1) is 6.92 Å². The summed E-state index contributed by atoms with van der Waals surface area (Å²) in [7, 11) is 4.79. The second kappa shape index (κ2) is 10.0. The summed E-state index contributed by atoms with van der Waals surface area (Å²) in [6.07, 6.45) is 1.83. The van der Waals surface area contributed by atoms with E-state index < -0.39 is 5.97 Å². The molecule has 5 rings (SSSR count). The van der Waals surface area contributed by atoms with Crippen molar-refractivity contribution >= 4 is 33.5 Å². The van der Waals surface area contributed by atoms with Gasteiger partial charge in [-0.15, -0.1) is 0 Å². The molecule has 38 heavy (non-hydrogen) atoms. The van der Waals surface area contributed by atoms with Crippen molar-refractivity contribution in [3.05, 3.63) is 99.5 Å². The average Bonchev–Trinajstić information content (AvgIpc) is 3.34. The van der Waals surface area contributed by atoms with Crippen LogP contribution in [0.4, 0.5) is 5.69 Å². The van der Waals surface area contributed by atoms with Crippen LogP contribution in [0.25, 0.3) is 21.8 Å². The summed E-state index contributed by atoms with van der Waals surface area (Å²) in [4.78, 5) is 26.0. The van der Waals surface area contributed by atoms with Crippen molar-refractivity contribution in [3.63, 3.8) is 0 Å². The van der Waals surface area contributed by atoms with E-state index in [-0.39, 0.29) is 11.6 Å². The molecule has 0 aliphatic rings. The van der Waals surface area contributed by atoms with Crippen molar-refractivity contribution in [1.29, 1.82) is 0 Å². The molecule has 0 spiro atoms. The van der Waals surface area contributed by atoms with E-state index >= 15 is 0 Å². The van der Waals surface area contributed by atoms with Crippen molar-refractivity contribution in [2.75, 3.05) is 19.5 Å². The number of ether oxygens (including phenoxy) is 2. The zero-order valence-electron chi connectivity index (χ0n) is 22.1. The molecule has 0 saturated heterocycles. The summed E-state index contributed by atoms with van der Waals surface area (Å²) in [6, 6.07) is 18.8. The number of nitrogens with one attached hydrogen (secondary N) is 1. The Labute approximate surface area is 220 Å². The maximum atomic E-state index is 13.6. The monoisotopic (exact) mass is 510 g/mol. The van der Waals surface area contributed by atoms with Crippen LogP contribution in [0.1, 0.15) is 40.0 Å². The highest BCUT2D eigenvalue weighted by Gasteiger charge is 2.21. The number of para-hydroxylation sites is 1. The number of hydrogen-bond acceptors (Lipinski definition) is 6. The third-order valence-electron chi connectivity index (χ3n) is 6.91. The summed E-state index contributed by atoms with van der Waals surface area (Å²) in [5, 5.41) is 10.5. The van der Waals surface area contributed by atoms with E-state index in [0.717, 1.165) is 38.9 Å². The molecular formula is C30H30N4O4. The molecule has 0 saturated carbocycles. The number of aryl methyl sites for hydroxylation is 2. The Kier molecular flexibility index (Phi) is 6.63. The first-order valence-corrected chi connectivity index (χ1v) is 12.4. The van der Waals surface area contributed by atoms with E-state index in [4.69, 9.17) is 9.47 Å². The van der Waals surface area contributed by atoms with Crippen molar-refractivity contribution in [3.8, 4) is 5.75 Å². The molecule has 0 aliphatic heterocycles. The number of rotatable bonds is 7. The van der Waals surface area contributed by atoms with Crippen LogP contribution in [-0.4, -0.2) is 34.5 Å². The van der Waals surface area contributed by atoms with E-state index in [0.29, 0.717) is 23.2 Å². The molecule has 1 atom stereocenters. The second-order valence-electron chi connectivity index (χ2n) is 9.43. The van der Waals surface area contributed by atoms with E-state index in [1.807, 2.05) is 67.2 Å². The highest BCUT2D eigenvalue weighted by atomic mass is 16.5. The van der Waals surface area contributed by atoms with Crippen LogP contribution in [0.15, 0.2) is 71.7 Å². The normalized spacial score (nSPS) is 12.0. The smallest absolute Gasteiger partial charge is 0.339 e. The topological polar surface area (TPSA) is 87.4 Å². The minimum atomic E-state index is -0.412. The average molecular weight is 511 g/mol. The Morgan fingerprint density at radius 3 is 2.50 bits per heavy atom. The van der Waals surface area contributed by atoms with E-state index in [2.05, 4.69) is 16.5 Å². The number of aromatic nitrogens is 3. The van der Waals surface area contributed by atoms with Crippen molar-refractivity contribution in [2.45, 2.75) is 26.4 Å². The van der Waals surface area contributed by atoms with Crippen molar-refractivity contribution in [2.24, 2.45) is 7.05 Å². The molecule has 1 N–H and O–H groups in total. The van der Waals surface area contributed by atoms with Gasteiger partial charge in [0.15, 0.2) is 0 Å². The maximum Gasteiger partial charge on any atom is 0.339 e. The second-order valence-corrected chi connectivity index (χ2v) is 9.43. The van der Waals surface area contributed by atoms with Gasteiger partial charge in [0.05, 0.1) is 32.5 Å². The van der Waals surface area contributed by atoms with Crippen LogP contribution in [-0.2, 0) is 18.3 Å². The molecular weight excluding hydrogens is 480 g/mol. The Bertz CT molecular complexity index is 1720. The van der Waals surface area contributed by atoms with Crippen LogP contribution in [0.3, 0.4) is 0 Å². The fourth-order valence-corrected chi connectivity index (χ4v) is 5.04. The third kappa shape index (κ3) is 4.38. The van der Waals surface area contributed by atoms with Crippen molar-refractivity contribution < 1.29 is 14.3 Å². The van der Waals surface area contributed by atoms with Gasteiger partial charge in [-0.2, -0.15) is 5.10 Å². The van der Waals surface area contributed by atoms with Gasteiger partial charge in [0.1, 0.15) is 11.4 Å². The Morgan fingerprint density at radius 1 is 1.05 bits per heavy atom. The molecule has 3 aromatic carbocycles. The molecule has 0 amide bonds. The largest absolute Gasteiger partial charge is 0.497 e. The third-order valence-corrected chi connectivity index (χ3v) is 6.91. The van der Waals surface area contributed by atoms with Crippen LogP contribution in [0.5, 0.6) is 5.75 Å². The zero-order valence-corrected chi connectivity index (χ0v) is 22.1. The number of carbonyl (C=O) groups is 1. The van der Waals surface area contributed by atoms with Crippen LogP contribution in [0.2, 0.25) is 0 Å². The predicted octanol–water partition coefficient (Wildman–Crippen LogP) is 5.21. The minimum Gasteiger partial charge on any atom is -0.497 e. The van der Waals surface area contributed by atoms with Gasteiger partial charge in [-0.25, -0.2) is 9.48 Å². The van der Waals surface area contributed by atoms with E-state index in [9.17, 15) is 9.59 Å². The zero-order chi connectivity index (χ0) is 27.0. The highest BCUT2D eigenvalue weighted by molar-refractivity contribution is 6.07. The van der Waals surface area contributed by atoms with Gasteiger partial charge in [0.2, 0.25) is 0 Å². The van der Waals surface area contributed by atoms with E-state index in [1.54, 1.807) is 30.9 Å². The molecule has 0 radical (unpaired) electrons. The van der Waals surface area contributed by atoms with Gasteiger partial charge in [0.25, 0.3) is 5.56 Å². The summed E-state index contributed by atoms with van der Waals surface area (Å²) in [6.45, 7) is 4.51. The summed E-state index contributed by atoms with van der Waals surface area (Å²) < 4.78 is 13.8.